The number of hydrogen-bond donors (Lipinski definition) is 0. The van der Waals surface area contributed by atoms with E-state index >= 15 is 0 Å². The predicted octanol–water partition coefficient (Wildman–Crippen LogP) is 20.8. The lowest BCUT2D eigenvalue weighted by molar-refractivity contribution is -0.156. The smallest absolute Gasteiger partial charge is 0.309 e. The average Bonchev–Trinajstić information content (AvgIpc) is 0.890. The van der Waals surface area contributed by atoms with Gasteiger partial charge in [0.25, 0.3) is 0 Å². The summed E-state index contributed by atoms with van der Waals surface area (Å²) < 4.78 is 68.4. The molecule has 0 atom stereocenters. The Kier molecular flexibility index (Phi) is 65.0. The van der Waals surface area contributed by atoms with Crippen molar-refractivity contribution in [3.63, 3.8) is 0 Å². The van der Waals surface area contributed by atoms with Crippen LogP contribution in [-0.4, -0.2) is 249 Å². The van der Waals surface area contributed by atoms with Crippen molar-refractivity contribution in [2.24, 2.45) is 107 Å². The molecular formula is C114H198N4O24. The maximum Gasteiger partial charge on any atom is 0.309 e. The van der Waals surface area contributed by atoms with Crippen molar-refractivity contribution in [1.29, 1.82) is 0 Å². The number of esters is 12. The van der Waals surface area contributed by atoms with Crippen molar-refractivity contribution in [1.82, 2.24) is 19.6 Å². The molecule has 28 nitrogen and oxygen atoms in total. The topological polar surface area (TPSA) is 329 Å². The zero-order valence-corrected chi connectivity index (χ0v) is 90.9. The maximum absolute atomic E-state index is 13.8. The van der Waals surface area contributed by atoms with Gasteiger partial charge in [0, 0.05) is 78.5 Å². The van der Waals surface area contributed by atoms with E-state index in [0.29, 0.717) is 90.6 Å². The molecule has 0 N–H and O–H groups in total. The van der Waals surface area contributed by atoms with Crippen LogP contribution in [0.1, 0.15) is 391 Å². The van der Waals surface area contributed by atoms with Gasteiger partial charge in [0.15, 0.2) is 0 Å². The Labute approximate surface area is 856 Å². The molecule has 0 aromatic heterocycles. The first-order chi connectivity index (χ1) is 68.3. The molecule has 0 aromatic rings. The molecular weight excluding hydrogens is 1810 g/mol. The lowest BCUT2D eigenvalue weighted by Gasteiger charge is -2.32. The van der Waals surface area contributed by atoms with Gasteiger partial charge in [0.05, 0.1) is 74.0 Å². The Morgan fingerprint density at radius 2 is 0.296 bits per heavy atom. The van der Waals surface area contributed by atoms with E-state index in [-0.39, 0.29) is 248 Å². The highest BCUT2D eigenvalue weighted by Gasteiger charge is 2.35. The number of hydrogen-bond acceptors (Lipinski definition) is 28. The van der Waals surface area contributed by atoms with Gasteiger partial charge >= 0.3 is 71.6 Å². The van der Waals surface area contributed by atoms with E-state index in [1.807, 2.05) is 14.7 Å². The standard InChI is InChI=1S/C114H198N4O24/c1-85(2)19-13-25-91-31-43-97(44-32-91)109(125)137-79-73-131-103(119)55-61-115(62-56-104(120)132-74-80-138-110(126)98-45-33-92(34-46-98)26-14-20-86(3)4)67-70-118(71-68-116(63-57-105(121)133-75-81-139-111(127)99-47-35-93(36-48-99)27-15-21-87(5)6)64-58-106(122)134-76-82-140-112(128)100-49-37-94(38-50-100)28-16-22-88(7)8)72-69-117(65-59-107(123)135-77-83-141-113(129)101-51-39-95(40-52-101)29-17-23-89(9)10)66-60-108(124)136-78-84-142-114(130)102-53-41-96(42-54-102)30-18-24-90(11)12/h85-102H,13-84H2,1-12H3. The van der Waals surface area contributed by atoms with E-state index in [2.05, 4.69) is 88.0 Å². The third kappa shape index (κ3) is 58.3. The molecule has 0 amide bonds. The van der Waals surface area contributed by atoms with Crippen LogP contribution in [0.2, 0.25) is 0 Å². The molecule has 6 aliphatic rings. The first-order valence-electron chi connectivity index (χ1n) is 57.1. The first kappa shape index (κ1) is 124. The summed E-state index contributed by atoms with van der Waals surface area (Å²) in [4.78, 5) is 171. The van der Waals surface area contributed by atoms with E-state index < -0.39 is 35.8 Å². The van der Waals surface area contributed by atoms with Crippen LogP contribution in [0, 0.1) is 107 Å². The highest BCUT2D eigenvalue weighted by atomic mass is 16.6. The molecule has 0 unspecified atom stereocenters. The summed E-state index contributed by atoms with van der Waals surface area (Å²) in [5, 5.41) is 0. The number of ether oxygens (including phenoxy) is 12. The van der Waals surface area contributed by atoms with Crippen molar-refractivity contribution >= 4 is 71.6 Å². The van der Waals surface area contributed by atoms with Crippen molar-refractivity contribution in [2.45, 2.75) is 391 Å². The molecule has 6 saturated carbocycles. The normalized spacial score (nSPS) is 21.8. The van der Waals surface area contributed by atoms with Crippen molar-refractivity contribution in [3.8, 4) is 0 Å². The average molecular weight is 2010 g/mol. The van der Waals surface area contributed by atoms with Crippen LogP contribution < -0.4 is 0 Å². The molecule has 0 radical (unpaired) electrons. The Morgan fingerprint density at radius 1 is 0.176 bits per heavy atom. The quantitative estimate of drug-likeness (QED) is 0.0310. The van der Waals surface area contributed by atoms with Crippen molar-refractivity contribution in [3.05, 3.63) is 0 Å². The van der Waals surface area contributed by atoms with Crippen LogP contribution >= 0.6 is 0 Å². The number of nitrogens with zero attached hydrogens (tertiary/aromatic N) is 4. The second kappa shape index (κ2) is 74.4. The Morgan fingerprint density at radius 3 is 0.423 bits per heavy atom. The van der Waals surface area contributed by atoms with Gasteiger partial charge in [-0.25, -0.2) is 0 Å². The molecule has 0 spiro atoms. The van der Waals surface area contributed by atoms with E-state index in [0.717, 1.165) is 193 Å². The first-order valence-corrected chi connectivity index (χ1v) is 57.1. The second-order valence-electron chi connectivity index (χ2n) is 45.4. The number of rotatable bonds is 75. The molecule has 0 aliphatic heterocycles. The molecule has 28 heteroatoms. The van der Waals surface area contributed by atoms with Crippen LogP contribution in [0.25, 0.3) is 0 Å². The van der Waals surface area contributed by atoms with Gasteiger partial charge in [0.1, 0.15) is 79.3 Å². The lowest BCUT2D eigenvalue weighted by atomic mass is 9.79. The third-order valence-electron chi connectivity index (χ3n) is 31.0. The number of carbonyl (C=O) groups is 12. The van der Waals surface area contributed by atoms with Gasteiger partial charge in [-0.05, 0) is 225 Å². The van der Waals surface area contributed by atoms with Crippen LogP contribution in [0.15, 0.2) is 0 Å². The minimum Gasteiger partial charge on any atom is -0.462 e. The summed E-state index contributed by atoms with van der Waals surface area (Å²) in [6.45, 7) is 27.8. The summed E-state index contributed by atoms with van der Waals surface area (Å²) in [6, 6.07) is 0. The summed E-state index contributed by atoms with van der Waals surface area (Å²) in [5.41, 5.74) is 0. The Hall–Kier alpha value is -6.52. The van der Waals surface area contributed by atoms with Crippen LogP contribution in [0.4, 0.5) is 0 Å². The summed E-state index contributed by atoms with van der Waals surface area (Å²) in [5.74, 6) is 1.35. The minimum atomic E-state index is -0.547. The Bertz CT molecular complexity index is 2910. The van der Waals surface area contributed by atoms with Crippen LogP contribution in [0.3, 0.4) is 0 Å². The van der Waals surface area contributed by atoms with Gasteiger partial charge in [-0.15, -0.1) is 0 Å². The van der Waals surface area contributed by atoms with E-state index in [4.69, 9.17) is 56.8 Å². The summed E-state index contributed by atoms with van der Waals surface area (Å²) >= 11 is 0. The molecule has 6 aliphatic carbocycles. The van der Waals surface area contributed by atoms with Gasteiger partial charge < -0.3 is 71.5 Å². The van der Waals surface area contributed by atoms with Gasteiger partial charge in [-0.3, -0.25) is 62.4 Å². The predicted molar refractivity (Wildman–Crippen MR) is 550 cm³/mol. The fourth-order valence-electron chi connectivity index (χ4n) is 21.6. The molecule has 0 saturated heterocycles. The fourth-order valence-corrected chi connectivity index (χ4v) is 21.6. The van der Waals surface area contributed by atoms with Crippen LogP contribution in [0.5, 0.6) is 0 Å². The highest BCUT2D eigenvalue weighted by Crippen LogP contribution is 2.40. The van der Waals surface area contributed by atoms with Gasteiger partial charge in [-0.1, -0.05) is 199 Å². The molecule has 6 fully saturated rings. The van der Waals surface area contributed by atoms with E-state index in [1.54, 1.807) is 0 Å². The molecule has 0 aromatic carbocycles. The lowest BCUT2D eigenvalue weighted by Crippen LogP contribution is -2.45. The van der Waals surface area contributed by atoms with Gasteiger partial charge in [0.2, 0.25) is 0 Å². The Balaban J connectivity index is 1.20. The number of carbonyl (C=O) groups excluding carboxylic acids is 12. The zero-order chi connectivity index (χ0) is 103. The maximum atomic E-state index is 13.8. The monoisotopic (exact) mass is 2010 g/mol. The highest BCUT2D eigenvalue weighted by molar-refractivity contribution is 5.76. The minimum absolute atomic E-state index is 0.0987. The summed E-state index contributed by atoms with van der Waals surface area (Å²) in [7, 11) is 0. The second-order valence-corrected chi connectivity index (χ2v) is 45.4. The molecule has 0 bridgehead atoms. The van der Waals surface area contributed by atoms with Crippen LogP contribution in [-0.2, 0) is 114 Å². The van der Waals surface area contributed by atoms with Crippen molar-refractivity contribution in [2.75, 3.05) is 158 Å². The zero-order valence-electron chi connectivity index (χ0n) is 90.9. The SMILES string of the molecule is CC(C)CCCC1CCC(C(=O)OCCOC(=O)CCN(CCC(=O)OCCOC(=O)C2CCC(CCCC(C)C)CC2)CCN(CCN(CCC(=O)OCCOC(=O)C2CCC(CCCC(C)C)CC2)CCC(=O)OCCOC(=O)C2CCC(CCCC(C)C)CC2)CCN(CCC(=O)OCCOC(=O)C2CCC(CCCC(C)C)CC2)CCC(=O)OCCOC(=O)C2CCC(CCCC(C)C)CC2)CC1. The fraction of sp³-hybridized carbons (Fsp3) is 0.895. The van der Waals surface area contributed by atoms with Crippen molar-refractivity contribution < 1.29 is 114 Å². The molecule has 818 valence electrons. The largest absolute Gasteiger partial charge is 0.462 e. The third-order valence-corrected chi connectivity index (χ3v) is 31.0. The molecule has 142 heavy (non-hydrogen) atoms. The van der Waals surface area contributed by atoms with E-state index in [9.17, 15) is 57.5 Å². The molecule has 0 heterocycles. The molecule has 6 rings (SSSR count). The van der Waals surface area contributed by atoms with E-state index in [1.165, 1.54) is 77.0 Å². The van der Waals surface area contributed by atoms with Gasteiger partial charge in [-0.2, -0.15) is 0 Å². The summed E-state index contributed by atoms with van der Waals surface area (Å²) in [6.07, 6.45) is 41.5.